The molecule has 0 spiro atoms. The van der Waals surface area contributed by atoms with Crippen LogP contribution in [-0.4, -0.2) is 41.3 Å². The predicted molar refractivity (Wildman–Crippen MR) is 132 cm³/mol. The van der Waals surface area contributed by atoms with Gasteiger partial charge in [-0.05, 0) is 53.5 Å². The van der Waals surface area contributed by atoms with Gasteiger partial charge in [-0.2, -0.15) is 5.10 Å². The number of imidazole rings is 1. The number of methoxy groups -OCH3 is 2. The highest BCUT2D eigenvalue weighted by Gasteiger charge is 2.21. The van der Waals surface area contributed by atoms with Crippen LogP contribution in [0.1, 0.15) is 38.9 Å². The van der Waals surface area contributed by atoms with Crippen LogP contribution in [0.4, 0.5) is 0 Å². The Balaban J connectivity index is 1.40. The molecule has 1 aliphatic heterocycles. The molecule has 1 unspecified atom stereocenters. The Labute approximate surface area is 203 Å². The van der Waals surface area contributed by atoms with Crippen molar-refractivity contribution in [2.75, 3.05) is 20.8 Å². The molecule has 0 aliphatic carbocycles. The van der Waals surface area contributed by atoms with Gasteiger partial charge < -0.3 is 19.5 Å². The molecule has 1 N–H and O–H groups in total. The Morgan fingerprint density at radius 3 is 2.80 bits per heavy atom. The molecule has 3 heterocycles. The topological polar surface area (TPSA) is 87.0 Å². The molecule has 0 amide bonds. The van der Waals surface area contributed by atoms with Gasteiger partial charge in [-0.3, -0.25) is 0 Å². The van der Waals surface area contributed by atoms with Crippen LogP contribution < -0.4 is 14.8 Å². The van der Waals surface area contributed by atoms with Crippen molar-refractivity contribution in [2.45, 2.75) is 19.1 Å². The van der Waals surface area contributed by atoms with Crippen LogP contribution in [0.15, 0.2) is 66.9 Å². The second-order valence-corrected chi connectivity index (χ2v) is 8.18. The fourth-order valence-corrected chi connectivity index (χ4v) is 4.19. The van der Waals surface area contributed by atoms with Crippen molar-refractivity contribution < 1.29 is 19.0 Å². The first-order chi connectivity index (χ1) is 17.2. The predicted octanol–water partition coefficient (Wildman–Crippen LogP) is 4.00. The molecule has 5 rings (SSSR count). The molecule has 0 radical (unpaired) electrons. The Morgan fingerprint density at radius 2 is 2.00 bits per heavy atom. The Bertz CT molecular complexity index is 1380. The van der Waals surface area contributed by atoms with Crippen LogP contribution in [0, 0.1) is 0 Å². The number of esters is 1. The summed E-state index contributed by atoms with van der Waals surface area (Å²) in [6, 6.07) is 17.5. The van der Waals surface area contributed by atoms with E-state index >= 15 is 0 Å². The summed E-state index contributed by atoms with van der Waals surface area (Å²) in [4.78, 5) is 16.3. The minimum Gasteiger partial charge on any atom is -0.493 e. The second kappa shape index (κ2) is 9.99. The Kier molecular flexibility index (Phi) is 6.45. The smallest absolute Gasteiger partial charge is 0.358 e. The van der Waals surface area contributed by atoms with Gasteiger partial charge >= 0.3 is 5.97 Å². The maximum absolute atomic E-state index is 11.9. The zero-order valence-electron chi connectivity index (χ0n) is 19.6. The lowest BCUT2D eigenvalue weighted by Crippen LogP contribution is -2.28. The van der Waals surface area contributed by atoms with Crippen molar-refractivity contribution in [2.24, 2.45) is 0 Å². The van der Waals surface area contributed by atoms with Gasteiger partial charge in [0.2, 0.25) is 0 Å². The molecule has 178 valence electrons. The number of ether oxygens (including phenoxy) is 3. The summed E-state index contributed by atoms with van der Waals surface area (Å²) in [6.07, 6.45) is 6.64. The second-order valence-electron chi connectivity index (χ2n) is 8.18. The summed E-state index contributed by atoms with van der Waals surface area (Å²) in [6.45, 7) is 1.32. The minimum absolute atomic E-state index is 0.0230. The van der Waals surface area contributed by atoms with Crippen molar-refractivity contribution in [1.29, 1.82) is 0 Å². The third-order valence-electron chi connectivity index (χ3n) is 6.00. The highest BCUT2D eigenvalue weighted by molar-refractivity contribution is 5.87. The number of carbonyl (C=O) groups excluding carboxylic acids is 1. The van der Waals surface area contributed by atoms with E-state index in [0.29, 0.717) is 18.0 Å². The quantitative estimate of drug-likeness (QED) is 0.409. The van der Waals surface area contributed by atoms with Crippen molar-refractivity contribution in [3.05, 3.63) is 94.9 Å². The van der Waals surface area contributed by atoms with Crippen LogP contribution in [0.2, 0.25) is 0 Å². The lowest BCUT2D eigenvalue weighted by atomic mass is 9.93. The molecule has 1 aliphatic rings. The van der Waals surface area contributed by atoms with Crippen LogP contribution in [0.3, 0.4) is 0 Å². The number of fused-ring (bicyclic) bond motifs is 2. The molecule has 35 heavy (non-hydrogen) atoms. The van der Waals surface area contributed by atoms with Gasteiger partial charge in [0.25, 0.3) is 0 Å². The van der Waals surface area contributed by atoms with Crippen LogP contribution in [0.5, 0.6) is 11.5 Å². The third kappa shape index (κ3) is 4.74. The minimum atomic E-state index is -0.490. The zero-order chi connectivity index (χ0) is 24.2. The standard InChI is InChI=1S/C27H26N4O4/c1-33-24-15-21-19(14-25(24)35-17-18-6-4-3-5-7-18)12-13-28-22(21)9-8-20-16-29-26-11-10-23(27(32)34-2)30-31(20)26/h3-11,14-16,22,28H,12-13,17H2,1-2H3/b9-8+. The van der Waals surface area contributed by atoms with Gasteiger partial charge in [-0.15, -0.1) is 0 Å². The van der Waals surface area contributed by atoms with E-state index in [0.717, 1.165) is 35.5 Å². The summed E-state index contributed by atoms with van der Waals surface area (Å²) >= 11 is 0. The van der Waals surface area contributed by atoms with Gasteiger partial charge in [-0.1, -0.05) is 36.4 Å². The summed E-state index contributed by atoms with van der Waals surface area (Å²) in [7, 11) is 2.99. The number of hydrogen-bond donors (Lipinski definition) is 1. The normalized spacial score (nSPS) is 15.2. The van der Waals surface area contributed by atoms with Crippen molar-refractivity contribution >= 4 is 17.7 Å². The number of nitrogens with one attached hydrogen (secondary N) is 1. The Hall–Kier alpha value is -4.17. The maximum Gasteiger partial charge on any atom is 0.358 e. The zero-order valence-corrected chi connectivity index (χ0v) is 19.6. The van der Waals surface area contributed by atoms with E-state index in [1.807, 2.05) is 42.5 Å². The van der Waals surface area contributed by atoms with E-state index in [9.17, 15) is 4.79 Å². The number of hydrogen-bond acceptors (Lipinski definition) is 7. The van der Waals surface area contributed by atoms with Gasteiger partial charge in [-0.25, -0.2) is 14.3 Å². The SMILES string of the molecule is COC(=O)c1ccc2ncc(/C=C/C3NCCc4cc(OCc5ccccc5)c(OC)cc43)n2n1. The first-order valence-corrected chi connectivity index (χ1v) is 11.4. The van der Waals surface area contributed by atoms with Crippen LogP contribution in [-0.2, 0) is 17.8 Å². The summed E-state index contributed by atoms with van der Waals surface area (Å²) in [5.41, 5.74) is 5.08. The molecule has 0 saturated heterocycles. The number of carbonyl (C=O) groups is 1. The lowest BCUT2D eigenvalue weighted by Gasteiger charge is -2.26. The highest BCUT2D eigenvalue weighted by Crippen LogP contribution is 2.36. The molecule has 8 nitrogen and oxygen atoms in total. The molecule has 0 saturated carbocycles. The molecule has 2 aromatic carbocycles. The van der Waals surface area contributed by atoms with Crippen molar-refractivity contribution in [3.63, 3.8) is 0 Å². The van der Waals surface area contributed by atoms with E-state index in [1.54, 1.807) is 30.0 Å². The van der Waals surface area contributed by atoms with E-state index in [-0.39, 0.29) is 11.7 Å². The van der Waals surface area contributed by atoms with E-state index in [1.165, 1.54) is 12.7 Å². The average Bonchev–Trinajstić information content (AvgIpc) is 3.32. The molecular weight excluding hydrogens is 444 g/mol. The molecular formula is C27H26N4O4. The lowest BCUT2D eigenvalue weighted by molar-refractivity contribution is 0.0592. The van der Waals surface area contributed by atoms with Crippen LogP contribution in [0.25, 0.3) is 11.7 Å². The Morgan fingerprint density at radius 1 is 1.14 bits per heavy atom. The highest BCUT2D eigenvalue weighted by atomic mass is 16.5. The number of aromatic nitrogens is 3. The van der Waals surface area contributed by atoms with E-state index < -0.39 is 5.97 Å². The molecule has 1 atom stereocenters. The van der Waals surface area contributed by atoms with Crippen molar-refractivity contribution in [3.8, 4) is 11.5 Å². The van der Waals surface area contributed by atoms with Crippen LogP contribution >= 0.6 is 0 Å². The number of rotatable bonds is 7. The summed E-state index contributed by atoms with van der Waals surface area (Å²) in [5, 5.41) is 7.92. The molecule has 0 bridgehead atoms. The van der Waals surface area contributed by atoms with E-state index in [2.05, 4.69) is 27.5 Å². The first-order valence-electron chi connectivity index (χ1n) is 11.4. The average molecular weight is 471 g/mol. The fraction of sp³-hybridized carbons (Fsp3) is 0.222. The van der Waals surface area contributed by atoms with Crippen molar-refractivity contribution in [1.82, 2.24) is 19.9 Å². The summed E-state index contributed by atoms with van der Waals surface area (Å²) < 4.78 is 18.2. The number of nitrogens with zero attached hydrogens (tertiary/aromatic N) is 3. The molecule has 4 aromatic rings. The van der Waals surface area contributed by atoms with Gasteiger partial charge in [0.05, 0.1) is 32.2 Å². The molecule has 2 aromatic heterocycles. The van der Waals surface area contributed by atoms with E-state index in [4.69, 9.17) is 14.2 Å². The first kappa shape index (κ1) is 22.6. The fourth-order valence-electron chi connectivity index (χ4n) is 4.19. The largest absolute Gasteiger partial charge is 0.493 e. The molecule has 8 heteroatoms. The maximum atomic E-state index is 11.9. The van der Waals surface area contributed by atoms with Gasteiger partial charge in [0.15, 0.2) is 22.8 Å². The number of benzene rings is 2. The van der Waals surface area contributed by atoms with Gasteiger partial charge in [0, 0.05) is 6.54 Å². The monoisotopic (exact) mass is 470 g/mol. The third-order valence-corrected chi connectivity index (χ3v) is 6.00. The van der Waals surface area contributed by atoms with Gasteiger partial charge in [0.1, 0.15) is 6.61 Å². The molecule has 0 fully saturated rings. The summed E-state index contributed by atoms with van der Waals surface area (Å²) in [5.74, 6) is 0.942.